The lowest BCUT2D eigenvalue weighted by atomic mass is 10.0. The van der Waals surface area contributed by atoms with E-state index in [0.29, 0.717) is 11.3 Å². The molecule has 1 amide bonds. The van der Waals surface area contributed by atoms with Crippen LogP contribution in [-0.4, -0.2) is 64.9 Å². The van der Waals surface area contributed by atoms with E-state index in [-0.39, 0.29) is 17.8 Å². The molecule has 3 heterocycles. The zero-order valence-electron chi connectivity index (χ0n) is 18.9. The number of hydrogen-bond donors (Lipinski definition) is 2. The fraction of sp³-hybridized carbons (Fsp3) is 0.500. The van der Waals surface area contributed by atoms with Gasteiger partial charge in [-0.15, -0.1) is 11.3 Å². The maximum Gasteiger partial charge on any atom is 0.263 e. The highest BCUT2D eigenvalue weighted by atomic mass is 32.1. The molecule has 1 fully saturated rings. The molecule has 1 saturated heterocycles. The number of H-pyrrole nitrogens is 1. The van der Waals surface area contributed by atoms with Gasteiger partial charge in [-0.3, -0.25) is 9.69 Å². The van der Waals surface area contributed by atoms with Crippen molar-refractivity contribution in [3.63, 3.8) is 0 Å². The number of likely N-dealkylation sites (N-methyl/N-ethyl adjacent to an activating group) is 1. The van der Waals surface area contributed by atoms with Crippen molar-refractivity contribution in [2.45, 2.75) is 45.2 Å². The van der Waals surface area contributed by atoms with E-state index in [0.717, 1.165) is 73.5 Å². The number of carbonyl (C=O) groups is 1. The van der Waals surface area contributed by atoms with Gasteiger partial charge in [0.25, 0.3) is 5.91 Å². The Balaban J connectivity index is 1.40. The fourth-order valence-corrected chi connectivity index (χ4v) is 5.07. The predicted octanol–water partition coefficient (Wildman–Crippen LogP) is 4.04. The number of nitrogens with zero attached hydrogens (tertiary/aromatic N) is 3. The number of unbranched alkanes of at least 4 members (excludes halogenated alkanes) is 1. The van der Waals surface area contributed by atoms with Gasteiger partial charge in [0.05, 0.1) is 12.7 Å². The lowest BCUT2D eigenvalue weighted by molar-refractivity contribution is 0.0938. The summed E-state index contributed by atoms with van der Waals surface area (Å²) in [6, 6.07) is 4.83. The van der Waals surface area contributed by atoms with Gasteiger partial charge in [-0.2, -0.15) is 0 Å². The van der Waals surface area contributed by atoms with Crippen molar-refractivity contribution in [1.29, 1.82) is 0 Å². The Kier molecular flexibility index (Phi) is 7.55. The van der Waals surface area contributed by atoms with Crippen LogP contribution in [0.4, 0.5) is 4.39 Å². The van der Waals surface area contributed by atoms with Crippen LogP contribution in [-0.2, 0) is 13.0 Å². The minimum Gasteiger partial charge on any atom is -0.361 e. The molecule has 3 aromatic rings. The van der Waals surface area contributed by atoms with Gasteiger partial charge in [0.15, 0.2) is 0 Å². The molecular formula is C24H32FN5OS. The van der Waals surface area contributed by atoms with Gasteiger partial charge in [0.2, 0.25) is 0 Å². The molecule has 1 unspecified atom stereocenters. The molecule has 1 atom stereocenters. The van der Waals surface area contributed by atoms with Crippen molar-refractivity contribution in [3.05, 3.63) is 51.9 Å². The summed E-state index contributed by atoms with van der Waals surface area (Å²) in [7, 11) is 2.15. The summed E-state index contributed by atoms with van der Waals surface area (Å²) >= 11 is 1.49. The molecule has 0 saturated carbocycles. The number of rotatable bonds is 9. The molecule has 2 aromatic heterocycles. The molecule has 2 N–H and O–H groups in total. The van der Waals surface area contributed by atoms with E-state index >= 15 is 0 Å². The SMILES string of the molecule is CCCCC(Cc1c[nH]c2cc(F)ccc12)NC(=O)c1cnc(CN2CCN(C)CC2)s1. The zero-order valence-corrected chi connectivity index (χ0v) is 19.7. The molecule has 8 heteroatoms. The molecule has 32 heavy (non-hydrogen) atoms. The number of hydrogen-bond acceptors (Lipinski definition) is 5. The molecule has 0 bridgehead atoms. The van der Waals surface area contributed by atoms with Gasteiger partial charge in [-0.1, -0.05) is 19.8 Å². The smallest absolute Gasteiger partial charge is 0.263 e. The first-order valence-electron chi connectivity index (χ1n) is 11.4. The first-order chi connectivity index (χ1) is 15.5. The normalized spacial score (nSPS) is 16.5. The molecule has 0 aliphatic carbocycles. The van der Waals surface area contributed by atoms with Crippen LogP contribution in [0, 0.1) is 5.82 Å². The lowest BCUT2D eigenvalue weighted by Crippen LogP contribution is -2.43. The second-order valence-electron chi connectivity index (χ2n) is 8.72. The van der Waals surface area contributed by atoms with Gasteiger partial charge in [0, 0.05) is 49.3 Å². The molecule has 1 aliphatic heterocycles. The van der Waals surface area contributed by atoms with E-state index in [9.17, 15) is 9.18 Å². The van der Waals surface area contributed by atoms with Crippen LogP contribution in [0.15, 0.2) is 30.6 Å². The molecule has 1 aromatic carbocycles. The summed E-state index contributed by atoms with van der Waals surface area (Å²) in [5.74, 6) is -0.307. The summed E-state index contributed by atoms with van der Waals surface area (Å²) in [6.07, 6.45) is 7.36. The lowest BCUT2D eigenvalue weighted by Gasteiger charge is -2.31. The quantitative estimate of drug-likeness (QED) is 0.509. The first kappa shape index (κ1) is 22.9. The van der Waals surface area contributed by atoms with Crippen LogP contribution >= 0.6 is 11.3 Å². The van der Waals surface area contributed by atoms with Crippen molar-refractivity contribution in [2.24, 2.45) is 0 Å². The molecule has 0 radical (unpaired) electrons. The average molecular weight is 458 g/mol. The van der Waals surface area contributed by atoms with Gasteiger partial charge < -0.3 is 15.2 Å². The van der Waals surface area contributed by atoms with Gasteiger partial charge >= 0.3 is 0 Å². The van der Waals surface area contributed by atoms with Crippen LogP contribution in [0.25, 0.3) is 10.9 Å². The van der Waals surface area contributed by atoms with E-state index in [1.165, 1.54) is 23.5 Å². The Bertz CT molecular complexity index is 1040. The Labute approximate surface area is 192 Å². The van der Waals surface area contributed by atoms with Gasteiger partial charge in [-0.25, -0.2) is 9.37 Å². The van der Waals surface area contributed by atoms with E-state index < -0.39 is 0 Å². The number of nitrogens with one attached hydrogen (secondary N) is 2. The Morgan fingerprint density at radius 1 is 1.31 bits per heavy atom. The highest BCUT2D eigenvalue weighted by Gasteiger charge is 2.20. The third-order valence-corrected chi connectivity index (χ3v) is 7.15. The zero-order chi connectivity index (χ0) is 22.5. The predicted molar refractivity (Wildman–Crippen MR) is 128 cm³/mol. The van der Waals surface area contributed by atoms with Gasteiger partial charge in [-0.05, 0) is 43.7 Å². The van der Waals surface area contributed by atoms with Gasteiger partial charge in [0.1, 0.15) is 15.7 Å². The first-order valence-corrected chi connectivity index (χ1v) is 12.3. The Morgan fingerprint density at radius 2 is 2.12 bits per heavy atom. The fourth-order valence-electron chi connectivity index (χ4n) is 4.21. The van der Waals surface area contributed by atoms with Crippen molar-refractivity contribution in [2.75, 3.05) is 33.2 Å². The minimum atomic E-state index is -0.251. The minimum absolute atomic E-state index is 0.0229. The van der Waals surface area contributed by atoms with Crippen molar-refractivity contribution >= 4 is 28.1 Å². The molecule has 0 spiro atoms. The molecule has 6 nitrogen and oxygen atoms in total. The summed E-state index contributed by atoms with van der Waals surface area (Å²) in [6.45, 7) is 7.16. The van der Waals surface area contributed by atoms with Crippen LogP contribution in [0.5, 0.6) is 0 Å². The van der Waals surface area contributed by atoms with Crippen molar-refractivity contribution < 1.29 is 9.18 Å². The molecule has 1 aliphatic rings. The van der Waals surface area contributed by atoms with E-state index in [2.05, 4.69) is 39.1 Å². The standard InChI is InChI=1S/C24H32FN5OS/c1-3-4-5-19(12-17-14-26-21-13-18(25)6-7-20(17)21)28-24(31)22-15-27-23(32-22)16-30-10-8-29(2)9-11-30/h6-7,13-15,19,26H,3-5,8-12,16H2,1-2H3,(H,28,31). The van der Waals surface area contributed by atoms with Crippen LogP contribution in [0.1, 0.15) is 46.4 Å². The number of amides is 1. The number of carbonyl (C=O) groups excluding carboxylic acids is 1. The Morgan fingerprint density at radius 3 is 2.91 bits per heavy atom. The van der Waals surface area contributed by atoms with E-state index in [4.69, 9.17) is 0 Å². The summed E-state index contributed by atoms with van der Waals surface area (Å²) in [4.78, 5) is 26.0. The monoisotopic (exact) mass is 457 g/mol. The largest absolute Gasteiger partial charge is 0.361 e. The maximum absolute atomic E-state index is 13.5. The van der Waals surface area contributed by atoms with E-state index in [1.54, 1.807) is 6.20 Å². The maximum atomic E-state index is 13.5. The van der Waals surface area contributed by atoms with Crippen molar-refractivity contribution in [1.82, 2.24) is 25.1 Å². The number of fused-ring (bicyclic) bond motifs is 1. The summed E-state index contributed by atoms with van der Waals surface area (Å²) in [5.41, 5.74) is 1.89. The number of thiazole rings is 1. The molecule has 4 rings (SSSR count). The summed E-state index contributed by atoms with van der Waals surface area (Å²) < 4.78 is 13.5. The Hall–Kier alpha value is -2.29. The number of piperazine rings is 1. The second kappa shape index (κ2) is 10.6. The average Bonchev–Trinajstić information content (AvgIpc) is 3.40. The topological polar surface area (TPSA) is 64.3 Å². The third-order valence-electron chi connectivity index (χ3n) is 6.17. The molecule has 172 valence electrons. The molecular weight excluding hydrogens is 425 g/mol. The third kappa shape index (κ3) is 5.74. The number of aromatic amines is 1. The number of halogens is 1. The highest BCUT2D eigenvalue weighted by Crippen LogP contribution is 2.22. The summed E-state index contributed by atoms with van der Waals surface area (Å²) in [5, 5.41) is 5.23. The second-order valence-corrected chi connectivity index (χ2v) is 9.83. The van der Waals surface area contributed by atoms with Crippen LogP contribution < -0.4 is 5.32 Å². The number of aromatic nitrogens is 2. The van der Waals surface area contributed by atoms with E-state index in [1.807, 2.05) is 12.3 Å². The van der Waals surface area contributed by atoms with Crippen LogP contribution in [0.2, 0.25) is 0 Å². The highest BCUT2D eigenvalue weighted by molar-refractivity contribution is 7.13. The van der Waals surface area contributed by atoms with Crippen LogP contribution in [0.3, 0.4) is 0 Å². The van der Waals surface area contributed by atoms with Crippen molar-refractivity contribution in [3.8, 4) is 0 Å². The number of benzene rings is 1.